The zero-order valence-electron chi connectivity index (χ0n) is 10.1. The monoisotopic (exact) mass is 295 g/mol. The van der Waals surface area contributed by atoms with E-state index < -0.39 is 0 Å². The quantitative estimate of drug-likeness (QED) is 0.633. The molecule has 0 heterocycles. The Morgan fingerprint density at radius 3 is 2.59 bits per heavy atom. The van der Waals surface area contributed by atoms with E-state index in [2.05, 4.69) is 20.9 Å². The van der Waals surface area contributed by atoms with Crippen molar-refractivity contribution < 1.29 is 9.53 Å². The van der Waals surface area contributed by atoms with Gasteiger partial charge in [0.15, 0.2) is 0 Å². The van der Waals surface area contributed by atoms with Crippen molar-refractivity contribution in [2.24, 2.45) is 4.99 Å². The highest BCUT2D eigenvalue weighted by atomic mass is 79.9. The lowest BCUT2D eigenvalue weighted by molar-refractivity contribution is 0.400. The van der Waals surface area contributed by atoms with Gasteiger partial charge in [0.05, 0.1) is 7.11 Å². The molecule has 1 aromatic rings. The first-order valence-electron chi connectivity index (χ1n) is 5.49. The Morgan fingerprint density at radius 1 is 1.47 bits per heavy atom. The highest BCUT2D eigenvalue weighted by molar-refractivity contribution is 9.10. The van der Waals surface area contributed by atoms with Gasteiger partial charge in [-0.05, 0) is 38.3 Å². The number of hydrogen-bond donors (Lipinski definition) is 0. The van der Waals surface area contributed by atoms with E-state index in [1.165, 1.54) is 0 Å². The molecule has 17 heavy (non-hydrogen) atoms. The summed E-state index contributed by atoms with van der Waals surface area (Å²) in [6, 6.07) is 2.05. The first-order chi connectivity index (χ1) is 8.05. The summed E-state index contributed by atoms with van der Waals surface area (Å²) >= 11 is 3.51. The van der Waals surface area contributed by atoms with E-state index in [1.807, 2.05) is 19.9 Å². The van der Waals surface area contributed by atoms with Gasteiger partial charge in [0.1, 0.15) is 11.3 Å². The van der Waals surface area contributed by atoms with E-state index in [4.69, 9.17) is 4.74 Å². The molecule has 0 atom stereocenters. The highest BCUT2D eigenvalue weighted by Gasteiger charge is 2.48. The number of carbonyl (C=O) groups excluding carboxylic acids is 1. The third-order valence-corrected chi connectivity index (χ3v) is 4.14. The maximum absolute atomic E-state index is 10.6. The maximum Gasteiger partial charge on any atom is 0.235 e. The number of methoxy groups -OCH3 is 1. The van der Waals surface area contributed by atoms with Crippen LogP contribution in [-0.2, 0) is 10.3 Å². The lowest BCUT2D eigenvalue weighted by Crippen LogP contribution is -2.09. The lowest BCUT2D eigenvalue weighted by atomic mass is 9.96. The van der Waals surface area contributed by atoms with Crippen molar-refractivity contribution in [1.82, 2.24) is 0 Å². The van der Waals surface area contributed by atoms with E-state index in [-0.39, 0.29) is 5.54 Å². The van der Waals surface area contributed by atoms with Gasteiger partial charge in [-0.15, -0.1) is 0 Å². The van der Waals surface area contributed by atoms with Gasteiger partial charge in [-0.25, -0.2) is 4.79 Å². The van der Waals surface area contributed by atoms with Crippen molar-refractivity contribution in [3.05, 3.63) is 27.2 Å². The van der Waals surface area contributed by atoms with Crippen LogP contribution < -0.4 is 4.74 Å². The number of benzene rings is 1. The second kappa shape index (κ2) is 4.28. The van der Waals surface area contributed by atoms with Gasteiger partial charge in [-0.1, -0.05) is 15.9 Å². The molecule has 0 aliphatic heterocycles. The van der Waals surface area contributed by atoms with Gasteiger partial charge >= 0.3 is 0 Å². The minimum Gasteiger partial charge on any atom is -0.496 e. The standard InChI is InChI=1S/C13H14BrNO2/c1-8-6-10(14)9(2)12(17-3)11(8)13(4-5-13)15-7-16/h6H,4-5H2,1-3H3. The highest BCUT2D eigenvalue weighted by Crippen LogP contribution is 2.54. The van der Waals surface area contributed by atoms with Crippen LogP contribution in [0.15, 0.2) is 15.5 Å². The molecule has 0 bridgehead atoms. The number of isocyanates is 1. The first kappa shape index (κ1) is 12.3. The number of rotatable bonds is 3. The lowest BCUT2D eigenvalue weighted by Gasteiger charge is -2.19. The van der Waals surface area contributed by atoms with E-state index >= 15 is 0 Å². The summed E-state index contributed by atoms with van der Waals surface area (Å²) in [5.41, 5.74) is 2.78. The molecule has 0 amide bonds. The molecule has 0 spiro atoms. The number of aryl methyl sites for hydroxylation is 1. The largest absolute Gasteiger partial charge is 0.496 e. The number of nitrogens with zero attached hydrogens (tertiary/aromatic N) is 1. The Morgan fingerprint density at radius 2 is 2.12 bits per heavy atom. The van der Waals surface area contributed by atoms with Gasteiger partial charge in [0.2, 0.25) is 6.08 Å². The summed E-state index contributed by atoms with van der Waals surface area (Å²) in [5, 5.41) is 0. The second-order valence-corrected chi connectivity index (χ2v) is 5.30. The Balaban J connectivity index is 2.69. The van der Waals surface area contributed by atoms with Crippen molar-refractivity contribution in [2.75, 3.05) is 7.11 Å². The molecule has 1 saturated carbocycles. The molecule has 0 unspecified atom stereocenters. The predicted octanol–water partition coefficient (Wildman–Crippen LogP) is 3.40. The molecule has 1 aromatic carbocycles. The van der Waals surface area contributed by atoms with Crippen LogP contribution in [0.1, 0.15) is 29.5 Å². The van der Waals surface area contributed by atoms with Crippen molar-refractivity contribution in [1.29, 1.82) is 0 Å². The fourth-order valence-electron chi connectivity index (χ4n) is 2.30. The molecule has 90 valence electrons. The topological polar surface area (TPSA) is 38.7 Å². The minimum absolute atomic E-state index is 0.386. The summed E-state index contributed by atoms with van der Waals surface area (Å²) < 4.78 is 6.51. The summed E-state index contributed by atoms with van der Waals surface area (Å²) in [7, 11) is 1.65. The van der Waals surface area contributed by atoms with Gasteiger partial charge in [0.25, 0.3) is 0 Å². The number of aliphatic imine (C=N–C) groups is 1. The normalized spacial score (nSPS) is 16.2. The number of ether oxygens (including phenoxy) is 1. The Labute approximate surface area is 109 Å². The van der Waals surface area contributed by atoms with Crippen LogP contribution in [0.4, 0.5) is 0 Å². The van der Waals surface area contributed by atoms with Crippen molar-refractivity contribution in [2.45, 2.75) is 32.2 Å². The average molecular weight is 296 g/mol. The van der Waals surface area contributed by atoms with Crippen LogP contribution in [0.25, 0.3) is 0 Å². The molecule has 0 N–H and O–H groups in total. The van der Waals surface area contributed by atoms with Crippen molar-refractivity contribution in [3.8, 4) is 5.75 Å². The van der Waals surface area contributed by atoms with Gasteiger partial charge in [0, 0.05) is 15.6 Å². The predicted molar refractivity (Wildman–Crippen MR) is 69.2 cm³/mol. The van der Waals surface area contributed by atoms with Gasteiger partial charge in [-0.2, -0.15) is 4.99 Å². The third kappa shape index (κ3) is 1.92. The van der Waals surface area contributed by atoms with Crippen LogP contribution in [0.3, 0.4) is 0 Å². The van der Waals surface area contributed by atoms with Crippen molar-refractivity contribution in [3.63, 3.8) is 0 Å². The molecule has 2 rings (SSSR count). The minimum atomic E-state index is -0.386. The first-order valence-corrected chi connectivity index (χ1v) is 6.28. The molecule has 1 fully saturated rings. The van der Waals surface area contributed by atoms with Crippen LogP contribution in [-0.4, -0.2) is 13.2 Å². The molecule has 4 heteroatoms. The summed E-state index contributed by atoms with van der Waals surface area (Å²) in [4.78, 5) is 14.5. The second-order valence-electron chi connectivity index (χ2n) is 4.44. The van der Waals surface area contributed by atoms with Crippen LogP contribution in [0.2, 0.25) is 0 Å². The van der Waals surface area contributed by atoms with Gasteiger partial charge < -0.3 is 4.74 Å². The van der Waals surface area contributed by atoms with Crippen molar-refractivity contribution >= 4 is 22.0 Å². The molecule has 0 saturated heterocycles. The molecule has 3 nitrogen and oxygen atoms in total. The summed E-state index contributed by atoms with van der Waals surface area (Å²) in [6.45, 7) is 4.01. The number of halogens is 1. The van der Waals surface area contributed by atoms with E-state index in [1.54, 1.807) is 13.2 Å². The number of hydrogen-bond acceptors (Lipinski definition) is 3. The molecular weight excluding hydrogens is 282 g/mol. The smallest absolute Gasteiger partial charge is 0.235 e. The maximum atomic E-state index is 10.6. The zero-order chi connectivity index (χ0) is 12.6. The van der Waals surface area contributed by atoms with Crippen LogP contribution >= 0.6 is 15.9 Å². The SMILES string of the molecule is COc1c(C)c(Br)cc(C)c1C1(N=C=O)CC1. The van der Waals surface area contributed by atoms with Gasteiger partial charge in [-0.3, -0.25) is 0 Å². The van der Waals surface area contributed by atoms with Crippen LogP contribution in [0, 0.1) is 13.8 Å². The molecule has 0 radical (unpaired) electrons. The zero-order valence-corrected chi connectivity index (χ0v) is 11.7. The third-order valence-electron chi connectivity index (χ3n) is 3.32. The summed E-state index contributed by atoms with van der Waals surface area (Å²) in [6.07, 6.45) is 3.47. The molecule has 1 aliphatic rings. The van der Waals surface area contributed by atoms with Crippen LogP contribution in [0.5, 0.6) is 5.75 Å². The van der Waals surface area contributed by atoms with E-state index in [0.717, 1.165) is 39.8 Å². The molecule has 1 aliphatic carbocycles. The van der Waals surface area contributed by atoms with E-state index in [0.29, 0.717) is 0 Å². The Bertz CT molecular complexity index is 515. The Hall–Kier alpha value is -1.12. The summed E-state index contributed by atoms with van der Waals surface area (Å²) in [5.74, 6) is 0.827. The van der Waals surface area contributed by atoms with E-state index in [9.17, 15) is 4.79 Å². The molecular formula is C13H14BrNO2. The average Bonchev–Trinajstić information content (AvgIpc) is 3.04. The fourth-order valence-corrected chi connectivity index (χ4v) is 2.83. The Kier molecular flexibility index (Phi) is 3.11. The molecule has 0 aromatic heterocycles. The fraction of sp³-hybridized carbons (Fsp3) is 0.462.